The Balaban J connectivity index is 0.000000924. The van der Waals surface area contributed by atoms with Crippen molar-refractivity contribution in [3.05, 3.63) is 34.2 Å². The number of aryl methyl sites for hydroxylation is 2. The molecule has 3 rings (SSSR count). The van der Waals surface area contributed by atoms with Gasteiger partial charge in [0, 0.05) is 37.6 Å². The van der Waals surface area contributed by atoms with Gasteiger partial charge in [-0.3, -0.25) is 4.79 Å². The van der Waals surface area contributed by atoms with Gasteiger partial charge in [-0.15, -0.1) is 0 Å². The lowest BCUT2D eigenvalue weighted by atomic mass is 10.1. The third-order valence-electron chi connectivity index (χ3n) is 4.02. The van der Waals surface area contributed by atoms with Crippen LogP contribution in [0.15, 0.2) is 23.3 Å². The molecule has 0 radical (unpaired) electrons. The van der Waals surface area contributed by atoms with Crippen LogP contribution in [0.3, 0.4) is 0 Å². The van der Waals surface area contributed by atoms with Gasteiger partial charge in [0.1, 0.15) is 5.65 Å². The Kier molecular flexibility index (Phi) is 6.16. The molecule has 1 fully saturated rings. The van der Waals surface area contributed by atoms with E-state index in [-0.39, 0.29) is 5.43 Å². The van der Waals surface area contributed by atoms with Gasteiger partial charge in [-0.25, -0.2) is 4.98 Å². The summed E-state index contributed by atoms with van der Waals surface area (Å²) in [5, 5.41) is 4.16. The van der Waals surface area contributed by atoms with Crippen LogP contribution in [-0.2, 0) is 11.3 Å². The van der Waals surface area contributed by atoms with E-state index >= 15 is 0 Å². The summed E-state index contributed by atoms with van der Waals surface area (Å²) < 4.78 is 7.38. The number of fused-ring (bicyclic) bond motifs is 1. The fourth-order valence-corrected chi connectivity index (χ4v) is 2.82. The molecule has 1 aliphatic heterocycles. The van der Waals surface area contributed by atoms with Gasteiger partial charge in [0.15, 0.2) is 5.43 Å². The van der Waals surface area contributed by atoms with Crippen LogP contribution >= 0.6 is 0 Å². The standard InChI is InChI=1S/C16H21N3O2.C2H6/c1-3-19-10-11(2)15(20)14-8-13(9-17-16(14)19)18-12-4-6-21-7-5-12;1-2/h8-10,12,18H,3-7H2,1-2H3;1-2H3. The summed E-state index contributed by atoms with van der Waals surface area (Å²) in [5.74, 6) is 0. The number of nitrogens with zero attached hydrogens (tertiary/aromatic N) is 2. The molecular formula is C18H27N3O2. The van der Waals surface area contributed by atoms with E-state index in [9.17, 15) is 4.79 Å². The summed E-state index contributed by atoms with van der Waals surface area (Å²) in [6, 6.07) is 2.33. The molecule has 0 aromatic carbocycles. The van der Waals surface area contributed by atoms with E-state index in [2.05, 4.69) is 17.2 Å². The van der Waals surface area contributed by atoms with E-state index in [4.69, 9.17) is 4.74 Å². The van der Waals surface area contributed by atoms with Gasteiger partial charge < -0.3 is 14.6 Å². The first-order valence-electron chi connectivity index (χ1n) is 8.53. The third-order valence-corrected chi connectivity index (χ3v) is 4.02. The van der Waals surface area contributed by atoms with E-state index in [1.165, 1.54) is 0 Å². The Hall–Kier alpha value is -1.88. The second-order valence-corrected chi connectivity index (χ2v) is 5.55. The molecule has 2 aromatic rings. The van der Waals surface area contributed by atoms with Crippen molar-refractivity contribution in [1.82, 2.24) is 9.55 Å². The van der Waals surface area contributed by atoms with Gasteiger partial charge in [0.2, 0.25) is 0 Å². The summed E-state index contributed by atoms with van der Waals surface area (Å²) in [7, 11) is 0. The van der Waals surface area contributed by atoms with Crippen LogP contribution in [0.4, 0.5) is 5.69 Å². The number of hydrogen-bond donors (Lipinski definition) is 1. The molecule has 2 aromatic heterocycles. The highest BCUT2D eigenvalue weighted by Gasteiger charge is 2.14. The van der Waals surface area contributed by atoms with Crippen molar-refractivity contribution in [1.29, 1.82) is 0 Å². The Morgan fingerprint density at radius 3 is 2.70 bits per heavy atom. The molecule has 0 bridgehead atoms. The van der Waals surface area contributed by atoms with Crippen LogP contribution in [0.2, 0.25) is 0 Å². The van der Waals surface area contributed by atoms with Gasteiger partial charge >= 0.3 is 0 Å². The highest BCUT2D eigenvalue weighted by molar-refractivity contribution is 5.79. The molecule has 0 saturated carbocycles. The number of nitrogens with one attached hydrogen (secondary N) is 1. The van der Waals surface area contributed by atoms with Crippen molar-refractivity contribution >= 4 is 16.7 Å². The monoisotopic (exact) mass is 317 g/mol. The first kappa shape index (κ1) is 17.5. The van der Waals surface area contributed by atoms with Crippen molar-refractivity contribution in [3.63, 3.8) is 0 Å². The van der Waals surface area contributed by atoms with Crippen LogP contribution < -0.4 is 10.7 Å². The number of hydrogen-bond acceptors (Lipinski definition) is 4. The zero-order valence-corrected chi connectivity index (χ0v) is 14.6. The SMILES string of the molecule is CC.CCn1cc(C)c(=O)c2cc(NC3CCOCC3)cnc21. The van der Waals surface area contributed by atoms with Gasteiger partial charge in [-0.2, -0.15) is 0 Å². The molecule has 0 unspecified atom stereocenters. The van der Waals surface area contributed by atoms with Crippen molar-refractivity contribution in [2.75, 3.05) is 18.5 Å². The summed E-state index contributed by atoms with van der Waals surface area (Å²) in [6.07, 6.45) is 5.68. The highest BCUT2D eigenvalue weighted by Crippen LogP contribution is 2.18. The zero-order chi connectivity index (χ0) is 16.8. The fourth-order valence-electron chi connectivity index (χ4n) is 2.82. The molecule has 1 saturated heterocycles. The number of aromatic nitrogens is 2. The molecule has 5 heteroatoms. The molecule has 5 nitrogen and oxygen atoms in total. The maximum absolute atomic E-state index is 12.3. The predicted molar refractivity (Wildman–Crippen MR) is 95.2 cm³/mol. The van der Waals surface area contributed by atoms with Crippen LogP contribution in [0.1, 0.15) is 39.2 Å². The summed E-state index contributed by atoms with van der Waals surface area (Å²) in [6.45, 7) is 10.3. The van der Waals surface area contributed by atoms with Gasteiger partial charge in [-0.05, 0) is 32.8 Å². The van der Waals surface area contributed by atoms with E-state index in [1.54, 1.807) is 0 Å². The molecule has 0 spiro atoms. The average Bonchev–Trinajstić information content (AvgIpc) is 2.61. The van der Waals surface area contributed by atoms with Crippen LogP contribution in [-0.4, -0.2) is 28.8 Å². The Bertz CT molecular complexity index is 703. The van der Waals surface area contributed by atoms with Crippen LogP contribution in [0, 0.1) is 6.92 Å². The van der Waals surface area contributed by atoms with E-state index < -0.39 is 0 Å². The summed E-state index contributed by atoms with van der Waals surface area (Å²) >= 11 is 0. The maximum Gasteiger partial charge on any atom is 0.193 e. The summed E-state index contributed by atoms with van der Waals surface area (Å²) in [4.78, 5) is 16.8. The first-order chi connectivity index (χ1) is 11.2. The largest absolute Gasteiger partial charge is 0.381 e. The van der Waals surface area contributed by atoms with Crippen molar-refractivity contribution in [3.8, 4) is 0 Å². The Morgan fingerprint density at radius 1 is 1.35 bits per heavy atom. The molecule has 1 aliphatic rings. The highest BCUT2D eigenvalue weighted by atomic mass is 16.5. The molecule has 0 atom stereocenters. The third kappa shape index (κ3) is 3.91. The molecule has 3 heterocycles. The molecular weight excluding hydrogens is 290 g/mol. The molecule has 1 N–H and O–H groups in total. The number of ether oxygens (including phenoxy) is 1. The molecule has 23 heavy (non-hydrogen) atoms. The van der Waals surface area contributed by atoms with Crippen LogP contribution in [0.25, 0.3) is 11.0 Å². The number of pyridine rings is 2. The lowest BCUT2D eigenvalue weighted by Gasteiger charge is -2.24. The Morgan fingerprint density at radius 2 is 2.04 bits per heavy atom. The lowest BCUT2D eigenvalue weighted by Crippen LogP contribution is -2.28. The fraction of sp³-hybridized carbons (Fsp3) is 0.556. The zero-order valence-electron chi connectivity index (χ0n) is 14.6. The van der Waals surface area contributed by atoms with Crippen molar-refractivity contribution in [2.45, 2.75) is 53.1 Å². The molecule has 0 aliphatic carbocycles. The van der Waals surface area contributed by atoms with Crippen LogP contribution in [0.5, 0.6) is 0 Å². The smallest absolute Gasteiger partial charge is 0.193 e. The molecule has 0 amide bonds. The Labute approximate surface area is 137 Å². The van der Waals surface area contributed by atoms with Gasteiger partial charge in [-0.1, -0.05) is 13.8 Å². The topological polar surface area (TPSA) is 56.2 Å². The van der Waals surface area contributed by atoms with Crippen molar-refractivity contribution in [2.24, 2.45) is 0 Å². The maximum atomic E-state index is 12.3. The minimum atomic E-state index is 0.0674. The lowest BCUT2D eigenvalue weighted by molar-refractivity contribution is 0.0904. The van der Waals surface area contributed by atoms with E-state index in [0.717, 1.165) is 49.5 Å². The second kappa shape index (κ2) is 8.11. The first-order valence-corrected chi connectivity index (χ1v) is 8.53. The summed E-state index contributed by atoms with van der Waals surface area (Å²) in [5.41, 5.74) is 2.50. The van der Waals surface area contributed by atoms with Gasteiger partial charge in [0.25, 0.3) is 0 Å². The number of rotatable bonds is 3. The minimum absolute atomic E-state index is 0.0674. The average molecular weight is 317 g/mol. The molecule has 126 valence electrons. The predicted octanol–water partition coefficient (Wildman–Crippen LogP) is 3.34. The van der Waals surface area contributed by atoms with Crippen molar-refractivity contribution < 1.29 is 4.74 Å². The van der Waals surface area contributed by atoms with E-state index in [0.29, 0.717) is 11.4 Å². The van der Waals surface area contributed by atoms with E-state index in [1.807, 2.05) is 43.8 Å². The quantitative estimate of drug-likeness (QED) is 0.943. The minimum Gasteiger partial charge on any atom is -0.381 e. The number of anilines is 1. The second-order valence-electron chi connectivity index (χ2n) is 5.55. The normalized spacial score (nSPS) is 15.1. The van der Waals surface area contributed by atoms with Gasteiger partial charge in [0.05, 0.1) is 17.3 Å².